The van der Waals surface area contributed by atoms with Gasteiger partial charge in [0.2, 0.25) is 0 Å². The van der Waals surface area contributed by atoms with Gasteiger partial charge in [-0.15, -0.1) is 0 Å². The Morgan fingerprint density at radius 1 is 0.533 bits per heavy atom. The number of fused-ring (bicyclic) bond motifs is 6. The predicted octanol–water partition coefficient (Wildman–Crippen LogP) is -1.73. The number of nitrogens with zero attached hydrogens (tertiary/aromatic N) is 6. The highest BCUT2D eigenvalue weighted by atomic mass is 32.2. The summed E-state index contributed by atoms with van der Waals surface area (Å²) in [6, 6.07) is 0. The number of aromatic nitrogens is 6. The number of aryl methyl sites for hydroxylation is 3. The van der Waals surface area contributed by atoms with Gasteiger partial charge in [-0.2, -0.15) is 28.8 Å². The van der Waals surface area contributed by atoms with Crippen LogP contribution in [-0.4, -0.2) is 67.8 Å². The van der Waals surface area contributed by atoms with Crippen molar-refractivity contribution in [2.45, 2.75) is 35.5 Å². The first-order chi connectivity index (χ1) is 13.5. The average Bonchev–Trinajstić information content (AvgIpc) is 3.14. The molecule has 162 valence electrons. The van der Waals surface area contributed by atoms with Crippen LogP contribution in [0.25, 0.3) is 16.9 Å². The molecule has 4 heterocycles. The topological polar surface area (TPSA) is 224 Å². The van der Waals surface area contributed by atoms with Gasteiger partial charge in [0.05, 0.1) is 17.1 Å². The Labute approximate surface area is 167 Å². The number of hydrogen-bond donors (Lipinski definition) is 0. The lowest BCUT2D eigenvalue weighted by Gasteiger charge is -2.11. The molecule has 0 radical (unpaired) electrons. The van der Waals surface area contributed by atoms with Gasteiger partial charge < -0.3 is 13.7 Å². The SMILES string of the molecule is Cc1nn2c(c1S(=O)(=O)[O-])n1nc(C)c(S(=O)(=O)[O-])c1n1nc(C)c(S(=O)(=O)[O-])c21. The first-order valence-electron chi connectivity index (χ1n) is 7.72. The van der Waals surface area contributed by atoms with Crippen molar-refractivity contribution >= 4 is 47.3 Å². The van der Waals surface area contributed by atoms with E-state index in [1.165, 1.54) is 0 Å². The van der Waals surface area contributed by atoms with E-state index >= 15 is 0 Å². The smallest absolute Gasteiger partial charge is 0.179 e. The van der Waals surface area contributed by atoms with Crippen LogP contribution in [0.15, 0.2) is 14.7 Å². The Balaban J connectivity index is 2.55. The average molecular weight is 477 g/mol. The third-order valence-corrected chi connectivity index (χ3v) is 7.23. The molecule has 0 saturated heterocycles. The van der Waals surface area contributed by atoms with Gasteiger partial charge in [-0.25, -0.2) is 25.3 Å². The van der Waals surface area contributed by atoms with Crippen molar-refractivity contribution in [3.63, 3.8) is 0 Å². The van der Waals surface area contributed by atoms with E-state index in [-0.39, 0.29) is 17.1 Å². The lowest BCUT2D eigenvalue weighted by atomic mass is 10.4. The summed E-state index contributed by atoms with van der Waals surface area (Å²) in [5, 5.41) is 11.5. The van der Waals surface area contributed by atoms with E-state index in [4.69, 9.17) is 0 Å². The quantitative estimate of drug-likeness (QED) is 0.300. The van der Waals surface area contributed by atoms with Gasteiger partial charge in [0.15, 0.2) is 16.9 Å². The van der Waals surface area contributed by atoms with Crippen molar-refractivity contribution in [2.24, 2.45) is 0 Å². The first kappa shape index (κ1) is 20.6. The molecule has 0 spiro atoms. The molecule has 0 unspecified atom stereocenters. The Morgan fingerprint density at radius 3 is 0.900 bits per heavy atom. The molecule has 0 saturated carbocycles. The predicted molar refractivity (Wildman–Crippen MR) is 90.8 cm³/mol. The van der Waals surface area contributed by atoms with Crippen LogP contribution >= 0.6 is 0 Å². The van der Waals surface area contributed by atoms with Gasteiger partial charge in [0.25, 0.3) is 0 Å². The highest BCUT2D eigenvalue weighted by Gasteiger charge is 2.30. The van der Waals surface area contributed by atoms with Gasteiger partial charge in [-0.05, 0) is 20.8 Å². The van der Waals surface area contributed by atoms with E-state index in [1.54, 1.807) is 0 Å². The van der Waals surface area contributed by atoms with E-state index in [9.17, 15) is 38.9 Å². The third kappa shape index (κ3) is 2.65. The van der Waals surface area contributed by atoms with Crippen molar-refractivity contribution in [3.05, 3.63) is 17.1 Å². The molecular formula is C12H9N6O9S3-3. The number of rotatable bonds is 3. The normalized spacial score (nSPS) is 13.8. The summed E-state index contributed by atoms with van der Waals surface area (Å²) in [6.45, 7) is 3.36. The van der Waals surface area contributed by atoms with Gasteiger partial charge in [-0.1, -0.05) is 0 Å². The minimum Gasteiger partial charge on any atom is -0.744 e. The fraction of sp³-hybridized carbons (Fsp3) is 0.250. The van der Waals surface area contributed by atoms with E-state index in [1.807, 2.05) is 0 Å². The summed E-state index contributed by atoms with van der Waals surface area (Å²) in [5.41, 5.74) is -3.13. The molecule has 0 aromatic carbocycles. The number of hydrogen-bond acceptors (Lipinski definition) is 12. The van der Waals surface area contributed by atoms with Gasteiger partial charge in [0.1, 0.15) is 45.0 Å². The van der Waals surface area contributed by atoms with Crippen LogP contribution in [0.1, 0.15) is 17.1 Å². The molecule has 18 heteroatoms. The lowest BCUT2D eigenvalue weighted by molar-refractivity contribution is 0.461. The molecule has 0 amide bonds. The van der Waals surface area contributed by atoms with Crippen LogP contribution in [0.5, 0.6) is 0 Å². The molecule has 0 aliphatic carbocycles. The maximum Gasteiger partial charge on any atom is 0.179 e. The molecule has 0 atom stereocenters. The summed E-state index contributed by atoms with van der Waals surface area (Å²) in [7, 11) is -15.7. The molecular weight excluding hydrogens is 468 g/mol. The first-order valence-corrected chi connectivity index (χ1v) is 11.9. The highest BCUT2D eigenvalue weighted by molar-refractivity contribution is 7.86. The zero-order chi connectivity index (χ0) is 22.5. The molecule has 4 aromatic rings. The Morgan fingerprint density at radius 2 is 0.733 bits per heavy atom. The van der Waals surface area contributed by atoms with Crippen molar-refractivity contribution < 1.29 is 38.9 Å². The van der Waals surface area contributed by atoms with Crippen molar-refractivity contribution in [2.75, 3.05) is 0 Å². The van der Waals surface area contributed by atoms with Crippen molar-refractivity contribution in [3.8, 4) is 0 Å². The van der Waals surface area contributed by atoms with Crippen LogP contribution < -0.4 is 0 Å². The van der Waals surface area contributed by atoms with E-state index in [0.717, 1.165) is 20.8 Å². The molecule has 4 aromatic heterocycles. The lowest BCUT2D eigenvalue weighted by Crippen LogP contribution is -2.11. The minimum absolute atomic E-state index is 0.382. The second kappa shape index (κ2) is 5.74. The Bertz CT molecular complexity index is 1500. The second-order valence-electron chi connectivity index (χ2n) is 6.31. The van der Waals surface area contributed by atoms with Gasteiger partial charge >= 0.3 is 0 Å². The molecule has 30 heavy (non-hydrogen) atoms. The monoisotopic (exact) mass is 477 g/mol. The molecule has 0 aliphatic heterocycles. The van der Waals surface area contributed by atoms with Crippen molar-refractivity contribution in [1.29, 1.82) is 0 Å². The molecule has 15 nitrogen and oxygen atoms in total. The van der Waals surface area contributed by atoms with Crippen LogP contribution in [0.2, 0.25) is 0 Å². The van der Waals surface area contributed by atoms with Gasteiger partial charge in [-0.3, -0.25) is 0 Å². The largest absolute Gasteiger partial charge is 0.744 e. The molecule has 0 bridgehead atoms. The van der Waals surface area contributed by atoms with E-state index in [0.29, 0.717) is 13.5 Å². The summed E-state index contributed by atoms with van der Waals surface area (Å²) in [4.78, 5) is -2.83. The van der Waals surface area contributed by atoms with Crippen molar-refractivity contribution in [1.82, 2.24) is 28.8 Å². The van der Waals surface area contributed by atoms with Gasteiger partial charge in [0, 0.05) is 0 Å². The summed E-state index contributed by atoms with van der Waals surface area (Å²) < 4.78 is 109. The highest BCUT2D eigenvalue weighted by Crippen LogP contribution is 2.31. The Kier molecular flexibility index (Phi) is 3.94. The molecule has 4 rings (SSSR count). The summed E-state index contributed by atoms with van der Waals surface area (Å²) >= 11 is 0. The van der Waals surface area contributed by atoms with Crippen LogP contribution in [0.3, 0.4) is 0 Å². The maximum atomic E-state index is 11.9. The molecule has 0 aliphatic rings. The fourth-order valence-corrected chi connectivity index (χ4v) is 5.78. The maximum absolute atomic E-state index is 11.9. The van der Waals surface area contributed by atoms with Crippen LogP contribution in [-0.2, 0) is 30.4 Å². The molecule has 0 fully saturated rings. The van der Waals surface area contributed by atoms with Crippen LogP contribution in [0, 0.1) is 20.8 Å². The van der Waals surface area contributed by atoms with Crippen LogP contribution in [0.4, 0.5) is 0 Å². The zero-order valence-electron chi connectivity index (χ0n) is 15.1. The summed E-state index contributed by atoms with van der Waals surface area (Å²) in [6.07, 6.45) is 0. The third-order valence-electron chi connectivity index (χ3n) is 4.30. The standard InChI is InChI=1S/C12H12N6O9S3/c1-4-7(28(19,20)21)10-16(13-4)11-8(29(22,23)24)5(2)15-18(11)12-9(30(25,26)27)6(3)14-17(10)12/h1-3H3,(H,19,20,21)(H,22,23,24)(H,25,26,27)/p-3. The zero-order valence-corrected chi connectivity index (χ0v) is 17.5. The minimum atomic E-state index is -5.24. The fourth-order valence-electron chi connectivity index (χ4n) is 3.38. The second-order valence-corrected chi connectivity index (χ2v) is 10.3. The Hall–Kier alpha value is -2.64. The van der Waals surface area contributed by atoms with E-state index in [2.05, 4.69) is 15.3 Å². The molecule has 0 N–H and O–H groups in total. The summed E-state index contributed by atoms with van der Waals surface area (Å²) in [5.74, 6) is 0. The van der Waals surface area contributed by atoms with E-state index < -0.39 is 62.0 Å².